The minimum absolute atomic E-state index is 0.0577. The van der Waals surface area contributed by atoms with Crippen molar-refractivity contribution >= 4 is 13.7 Å². The number of carbonyl (C=O) groups is 1. The van der Waals surface area contributed by atoms with Crippen LogP contribution in [0.25, 0.3) is 0 Å². The van der Waals surface area contributed by atoms with Crippen molar-refractivity contribution in [2.45, 2.75) is 206 Å². The highest BCUT2D eigenvalue weighted by molar-refractivity contribution is 7.47. The molecule has 52 heavy (non-hydrogen) atoms. The van der Waals surface area contributed by atoms with E-state index < -0.39 is 20.0 Å². The van der Waals surface area contributed by atoms with E-state index in [-0.39, 0.29) is 19.1 Å². The third kappa shape index (κ3) is 37.3. The van der Waals surface area contributed by atoms with Crippen LogP contribution in [0.2, 0.25) is 0 Å². The van der Waals surface area contributed by atoms with Crippen LogP contribution in [0, 0.1) is 0 Å². The molecule has 0 aliphatic rings. The van der Waals surface area contributed by atoms with Crippen LogP contribution < -0.4 is 5.32 Å². The van der Waals surface area contributed by atoms with Crippen LogP contribution in [0.1, 0.15) is 194 Å². The van der Waals surface area contributed by atoms with Crippen molar-refractivity contribution in [3.8, 4) is 0 Å². The van der Waals surface area contributed by atoms with Gasteiger partial charge in [-0.2, -0.15) is 0 Å². The standard InChI is InChI=1S/C43H85N2O6P/c1-6-8-10-12-14-16-17-18-19-20-21-22-23-24-25-26-27-28-29-30-32-34-36-42(46)41(40-51-52(48,49)50-39-38-45(3,4)5)44-43(47)37-35-33-31-15-13-11-9-7-2/h28-29,34,36,41-42,46H,6-27,30-33,35,37-40H2,1-5H3,(H-,44,47,48,49)/p+1/b29-28+,36-34+. The van der Waals surface area contributed by atoms with Crippen LogP contribution in [-0.4, -0.2) is 73.4 Å². The molecule has 3 N–H and O–H groups in total. The molecule has 0 heterocycles. The Morgan fingerprint density at radius 1 is 0.635 bits per heavy atom. The number of carbonyl (C=O) groups excluding carboxylic acids is 1. The fourth-order valence-corrected chi connectivity index (χ4v) is 6.91. The first-order chi connectivity index (χ1) is 25.0. The number of allylic oxidation sites excluding steroid dienone is 3. The number of likely N-dealkylation sites (N-methyl/N-ethyl adjacent to an activating group) is 1. The maximum atomic E-state index is 12.7. The number of nitrogens with one attached hydrogen (secondary N) is 1. The van der Waals surface area contributed by atoms with Crippen molar-refractivity contribution in [3.05, 3.63) is 24.3 Å². The number of amides is 1. The summed E-state index contributed by atoms with van der Waals surface area (Å²) in [7, 11) is 1.56. The molecule has 0 rings (SSSR count). The number of phosphoric acid groups is 1. The van der Waals surface area contributed by atoms with E-state index in [1.54, 1.807) is 6.08 Å². The van der Waals surface area contributed by atoms with E-state index in [1.165, 1.54) is 135 Å². The molecule has 0 aromatic heterocycles. The monoisotopic (exact) mass is 758 g/mol. The molecule has 0 saturated carbocycles. The molecule has 0 fully saturated rings. The van der Waals surface area contributed by atoms with Gasteiger partial charge >= 0.3 is 7.82 Å². The summed E-state index contributed by atoms with van der Waals surface area (Å²) in [5.41, 5.74) is 0. The van der Waals surface area contributed by atoms with Gasteiger partial charge in [0.15, 0.2) is 0 Å². The van der Waals surface area contributed by atoms with E-state index in [1.807, 2.05) is 27.2 Å². The summed E-state index contributed by atoms with van der Waals surface area (Å²) in [6.45, 7) is 4.76. The first kappa shape index (κ1) is 51.0. The van der Waals surface area contributed by atoms with Crippen LogP contribution in [-0.2, 0) is 18.4 Å². The molecule has 3 atom stereocenters. The quantitative estimate of drug-likeness (QED) is 0.0250. The van der Waals surface area contributed by atoms with E-state index in [4.69, 9.17) is 9.05 Å². The zero-order valence-corrected chi connectivity index (χ0v) is 35.7. The number of phosphoric ester groups is 1. The van der Waals surface area contributed by atoms with E-state index in [2.05, 4.69) is 31.3 Å². The minimum Gasteiger partial charge on any atom is -0.387 e. The highest BCUT2D eigenvalue weighted by Gasteiger charge is 2.27. The molecular weight excluding hydrogens is 671 g/mol. The summed E-state index contributed by atoms with van der Waals surface area (Å²) in [6.07, 6.45) is 41.3. The maximum absolute atomic E-state index is 12.7. The van der Waals surface area contributed by atoms with Gasteiger partial charge in [-0.1, -0.05) is 179 Å². The fourth-order valence-electron chi connectivity index (χ4n) is 6.17. The van der Waals surface area contributed by atoms with Gasteiger partial charge in [-0.05, 0) is 32.1 Å². The Morgan fingerprint density at radius 2 is 1.06 bits per heavy atom. The topological polar surface area (TPSA) is 105 Å². The lowest BCUT2D eigenvalue weighted by Crippen LogP contribution is -2.45. The molecule has 0 aromatic rings. The molecule has 3 unspecified atom stereocenters. The summed E-state index contributed by atoms with van der Waals surface area (Å²) >= 11 is 0. The molecule has 1 amide bonds. The van der Waals surface area contributed by atoms with Gasteiger partial charge < -0.3 is 19.8 Å². The van der Waals surface area contributed by atoms with Crippen LogP contribution in [0.3, 0.4) is 0 Å². The first-order valence-corrected chi connectivity index (χ1v) is 23.2. The van der Waals surface area contributed by atoms with Gasteiger partial charge in [-0.15, -0.1) is 0 Å². The van der Waals surface area contributed by atoms with Crippen LogP contribution in [0.5, 0.6) is 0 Å². The van der Waals surface area contributed by atoms with Crippen LogP contribution >= 0.6 is 7.82 Å². The third-order valence-corrected chi connectivity index (χ3v) is 10.7. The van der Waals surface area contributed by atoms with Crippen LogP contribution in [0.15, 0.2) is 24.3 Å². The second kappa shape index (κ2) is 35.7. The van der Waals surface area contributed by atoms with Gasteiger partial charge in [0, 0.05) is 6.42 Å². The average molecular weight is 758 g/mol. The summed E-state index contributed by atoms with van der Waals surface area (Å²) in [6, 6.07) is -0.856. The second-order valence-electron chi connectivity index (χ2n) is 16.1. The summed E-state index contributed by atoms with van der Waals surface area (Å²) in [5.74, 6) is -0.192. The molecule has 0 aliphatic carbocycles. The van der Waals surface area contributed by atoms with Gasteiger partial charge in [0.25, 0.3) is 0 Å². The number of aliphatic hydroxyl groups is 1. The van der Waals surface area contributed by atoms with Gasteiger partial charge in [-0.25, -0.2) is 4.57 Å². The lowest BCUT2D eigenvalue weighted by atomic mass is 10.0. The van der Waals surface area contributed by atoms with E-state index in [0.717, 1.165) is 38.5 Å². The number of hydrogen-bond acceptors (Lipinski definition) is 5. The molecule has 8 nitrogen and oxygen atoms in total. The van der Waals surface area contributed by atoms with Crippen molar-refractivity contribution in [2.24, 2.45) is 0 Å². The third-order valence-electron chi connectivity index (χ3n) is 9.67. The molecule has 0 bridgehead atoms. The smallest absolute Gasteiger partial charge is 0.387 e. The fraction of sp³-hybridized carbons (Fsp3) is 0.884. The minimum atomic E-state index is -4.33. The van der Waals surface area contributed by atoms with E-state index in [0.29, 0.717) is 17.4 Å². The number of aliphatic hydroxyl groups excluding tert-OH is 1. The predicted molar refractivity (Wildman–Crippen MR) is 221 cm³/mol. The highest BCUT2D eigenvalue weighted by Crippen LogP contribution is 2.43. The summed E-state index contributed by atoms with van der Waals surface area (Å²) in [5, 5.41) is 13.7. The first-order valence-electron chi connectivity index (χ1n) is 21.7. The van der Waals surface area contributed by atoms with Crippen molar-refractivity contribution in [3.63, 3.8) is 0 Å². The normalized spacial score (nSPS) is 14.7. The lowest BCUT2D eigenvalue weighted by molar-refractivity contribution is -0.870. The van der Waals surface area contributed by atoms with Gasteiger partial charge in [0.2, 0.25) is 5.91 Å². The molecular formula is C43H86N2O6P+. The molecule has 0 aliphatic heterocycles. The Kier molecular flexibility index (Phi) is 35.0. The zero-order chi connectivity index (χ0) is 38.6. The predicted octanol–water partition coefficient (Wildman–Crippen LogP) is 11.7. The number of hydrogen-bond donors (Lipinski definition) is 3. The molecule has 0 saturated heterocycles. The Balaban J connectivity index is 4.33. The maximum Gasteiger partial charge on any atom is 0.472 e. The van der Waals surface area contributed by atoms with Crippen LogP contribution in [0.4, 0.5) is 0 Å². The molecule has 9 heteroatoms. The summed E-state index contributed by atoms with van der Waals surface area (Å²) < 4.78 is 23.4. The molecule has 0 radical (unpaired) electrons. The molecule has 0 spiro atoms. The Labute approximate surface area is 322 Å². The Bertz CT molecular complexity index is 907. The number of quaternary nitrogens is 1. The van der Waals surface area contributed by atoms with Crippen molar-refractivity contribution in [2.75, 3.05) is 40.9 Å². The number of nitrogens with zero attached hydrogens (tertiary/aromatic N) is 1. The number of unbranched alkanes of at least 4 members (excludes halogenated alkanes) is 24. The Hall–Kier alpha value is -1.02. The average Bonchev–Trinajstić information content (AvgIpc) is 3.09. The van der Waals surface area contributed by atoms with Crippen molar-refractivity contribution < 1.29 is 32.9 Å². The summed E-state index contributed by atoms with van der Waals surface area (Å²) in [4.78, 5) is 22.9. The van der Waals surface area contributed by atoms with E-state index >= 15 is 0 Å². The highest BCUT2D eigenvalue weighted by atomic mass is 31.2. The SMILES string of the molecule is CCCCCCCCCCCCCCCCCC/C=C/CC/C=C/C(O)C(COP(=O)(O)OCC[N+](C)(C)C)NC(=O)CCCCCCCCCC. The largest absolute Gasteiger partial charge is 0.472 e. The van der Waals surface area contributed by atoms with Gasteiger partial charge in [0.1, 0.15) is 13.2 Å². The molecule has 0 aromatic carbocycles. The van der Waals surface area contributed by atoms with Crippen molar-refractivity contribution in [1.82, 2.24) is 5.32 Å². The molecule has 308 valence electrons. The van der Waals surface area contributed by atoms with Crippen molar-refractivity contribution in [1.29, 1.82) is 0 Å². The van der Waals surface area contributed by atoms with Gasteiger partial charge in [-0.3, -0.25) is 13.8 Å². The van der Waals surface area contributed by atoms with Gasteiger partial charge in [0.05, 0.1) is 39.9 Å². The lowest BCUT2D eigenvalue weighted by Gasteiger charge is -2.25. The zero-order valence-electron chi connectivity index (χ0n) is 34.8. The Morgan fingerprint density at radius 3 is 1.54 bits per heavy atom. The van der Waals surface area contributed by atoms with E-state index in [9.17, 15) is 19.4 Å². The second-order valence-corrected chi connectivity index (χ2v) is 17.5. The number of rotatable bonds is 39.